The maximum absolute atomic E-state index is 11.6. The lowest BCUT2D eigenvalue weighted by molar-refractivity contribution is 0.120. The van der Waals surface area contributed by atoms with Crippen molar-refractivity contribution in [3.05, 3.63) is 46.2 Å². The number of piperazine rings is 1. The van der Waals surface area contributed by atoms with Gasteiger partial charge >= 0.3 is 0 Å². The Morgan fingerprint density at radius 1 is 1.18 bits per heavy atom. The second-order valence-corrected chi connectivity index (χ2v) is 5.63. The summed E-state index contributed by atoms with van der Waals surface area (Å²) >= 11 is 0. The van der Waals surface area contributed by atoms with E-state index in [4.69, 9.17) is 4.52 Å². The fourth-order valence-corrected chi connectivity index (χ4v) is 2.68. The Morgan fingerprint density at radius 2 is 1.95 bits per heavy atom. The van der Waals surface area contributed by atoms with Crippen LogP contribution in [0.3, 0.4) is 0 Å². The van der Waals surface area contributed by atoms with Gasteiger partial charge in [0, 0.05) is 57.6 Å². The van der Waals surface area contributed by atoms with Gasteiger partial charge in [0.05, 0.1) is 12.2 Å². The van der Waals surface area contributed by atoms with Crippen LogP contribution in [0.15, 0.2) is 33.7 Å². The topological polar surface area (TPSA) is 67.4 Å². The van der Waals surface area contributed by atoms with Crippen LogP contribution in [0.25, 0.3) is 0 Å². The molecule has 7 nitrogen and oxygen atoms in total. The molecule has 0 radical (unpaired) electrons. The van der Waals surface area contributed by atoms with Crippen LogP contribution in [0.5, 0.6) is 0 Å². The molecular weight excluding hydrogens is 282 g/mol. The largest absolute Gasteiger partial charge is 0.361 e. The van der Waals surface area contributed by atoms with E-state index in [0.29, 0.717) is 6.54 Å². The molecule has 2 aromatic rings. The zero-order chi connectivity index (χ0) is 15.4. The molecule has 3 heterocycles. The van der Waals surface area contributed by atoms with E-state index in [0.717, 1.165) is 50.7 Å². The van der Waals surface area contributed by atoms with Crippen LogP contribution >= 0.6 is 0 Å². The van der Waals surface area contributed by atoms with Crippen LogP contribution in [0, 0.1) is 6.92 Å². The monoisotopic (exact) mass is 303 g/mol. The van der Waals surface area contributed by atoms with Gasteiger partial charge in [-0.25, -0.2) is 4.68 Å². The second-order valence-electron chi connectivity index (χ2n) is 5.63. The van der Waals surface area contributed by atoms with Crippen molar-refractivity contribution >= 4 is 0 Å². The number of hydrogen-bond acceptors (Lipinski definition) is 6. The van der Waals surface area contributed by atoms with Gasteiger partial charge in [-0.1, -0.05) is 5.16 Å². The second kappa shape index (κ2) is 6.85. The number of aryl methyl sites for hydroxylation is 1. The minimum Gasteiger partial charge on any atom is -0.361 e. The molecule has 0 aliphatic carbocycles. The number of rotatable bonds is 5. The van der Waals surface area contributed by atoms with E-state index in [1.165, 1.54) is 4.68 Å². The van der Waals surface area contributed by atoms with Gasteiger partial charge in [0.25, 0.3) is 5.56 Å². The third-order valence-corrected chi connectivity index (χ3v) is 3.94. The highest BCUT2D eigenvalue weighted by Crippen LogP contribution is 2.08. The van der Waals surface area contributed by atoms with Crippen LogP contribution < -0.4 is 5.56 Å². The van der Waals surface area contributed by atoms with Crippen molar-refractivity contribution in [2.75, 3.05) is 32.7 Å². The third kappa shape index (κ3) is 3.80. The van der Waals surface area contributed by atoms with Gasteiger partial charge < -0.3 is 4.52 Å². The molecule has 0 atom stereocenters. The number of aromatic nitrogens is 3. The lowest BCUT2D eigenvalue weighted by atomic mass is 10.3. The van der Waals surface area contributed by atoms with Crippen molar-refractivity contribution in [3.8, 4) is 0 Å². The van der Waals surface area contributed by atoms with Crippen LogP contribution in [0.2, 0.25) is 0 Å². The SMILES string of the molecule is Cc1cc(CN2CCN(CCn3ncccc3=O)CC2)no1. The summed E-state index contributed by atoms with van der Waals surface area (Å²) in [7, 11) is 0. The predicted octanol–water partition coefficient (Wildman–Crippen LogP) is 0.358. The molecule has 118 valence electrons. The van der Waals surface area contributed by atoms with Gasteiger partial charge in [-0.2, -0.15) is 5.10 Å². The van der Waals surface area contributed by atoms with Crippen molar-refractivity contribution in [3.63, 3.8) is 0 Å². The Labute approximate surface area is 129 Å². The van der Waals surface area contributed by atoms with E-state index in [2.05, 4.69) is 20.1 Å². The molecule has 0 N–H and O–H groups in total. The molecule has 0 unspecified atom stereocenters. The van der Waals surface area contributed by atoms with Gasteiger partial charge in [-0.05, 0) is 13.0 Å². The molecular formula is C15H21N5O2. The van der Waals surface area contributed by atoms with Gasteiger partial charge in [-0.15, -0.1) is 0 Å². The normalized spacial score (nSPS) is 17.0. The van der Waals surface area contributed by atoms with Crippen LogP contribution in [-0.4, -0.2) is 57.5 Å². The minimum absolute atomic E-state index is 0.0393. The van der Waals surface area contributed by atoms with Crippen LogP contribution in [0.4, 0.5) is 0 Å². The molecule has 0 bridgehead atoms. The lowest BCUT2D eigenvalue weighted by Gasteiger charge is -2.34. The summed E-state index contributed by atoms with van der Waals surface area (Å²) in [6.07, 6.45) is 1.65. The molecule has 1 aliphatic rings. The van der Waals surface area contributed by atoms with E-state index in [9.17, 15) is 4.79 Å². The zero-order valence-corrected chi connectivity index (χ0v) is 12.8. The molecule has 2 aromatic heterocycles. The van der Waals surface area contributed by atoms with Gasteiger partial charge in [-0.3, -0.25) is 14.6 Å². The van der Waals surface area contributed by atoms with Crippen molar-refractivity contribution < 1.29 is 4.52 Å². The zero-order valence-electron chi connectivity index (χ0n) is 12.8. The molecule has 1 aliphatic heterocycles. The first-order valence-corrected chi connectivity index (χ1v) is 7.60. The Kier molecular flexibility index (Phi) is 4.65. The number of hydrogen-bond donors (Lipinski definition) is 0. The fraction of sp³-hybridized carbons (Fsp3) is 0.533. The van der Waals surface area contributed by atoms with E-state index < -0.39 is 0 Å². The van der Waals surface area contributed by atoms with Crippen LogP contribution in [0.1, 0.15) is 11.5 Å². The Balaban J connectivity index is 1.44. The van der Waals surface area contributed by atoms with E-state index >= 15 is 0 Å². The summed E-state index contributed by atoms with van der Waals surface area (Å²) in [5.41, 5.74) is 0.952. The molecule has 0 amide bonds. The Morgan fingerprint density at radius 3 is 2.64 bits per heavy atom. The first-order valence-electron chi connectivity index (χ1n) is 7.60. The quantitative estimate of drug-likeness (QED) is 0.794. The van der Waals surface area contributed by atoms with Gasteiger partial charge in [0.2, 0.25) is 0 Å². The molecule has 0 saturated carbocycles. The molecule has 1 fully saturated rings. The highest BCUT2D eigenvalue weighted by molar-refractivity contribution is 5.03. The minimum atomic E-state index is -0.0393. The maximum Gasteiger partial charge on any atom is 0.266 e. The predicted molar refractivity (Wildman–Crippen MR) is 81.5 cm³/mol. The molecule has 0 aromatic carbocycles. The van der Waals surface area contributed by atoms with Gasteiger partial charge in [0.1, 0.15) is 5.76 Å². The highest BCUT2D eigenvalue weighted by Gasteiger charge is 2.18. The average molecular weight is 303 g/mol. The number of nitrogens with zero attached hydrogens (tertiary/aromatic N) is 5. The van der Waals surface area contributed by atoms with Crippen LogP contribution in [-0.2, 0) is 13.1 Å². The molecule has 22 heavy (non-hydrogen) atoms. The Hall–Kier alpha value is -1.99. The van der Waals surface area contributed by atoms with E-state index in [1.54, 1.807) is 18.3 Å². The molecule has 3 rings (SSSR count). The van der Waals surface area contributed by atoms with Crippen molar-refractivity contribution in [1.82, 2.24) is 24.7 Å². The molecule has 1 saturated heterocycles. The highest BCUT2D eigenvalue weighted by atomic mass is 16.5. The first kappa shape index (κ1) is 14.9. The third-order valence-electron chi connectivity index (χ3n) is 3.94. The van der Waals surface area contributed by atoms with Gasteiger partial charge in [0.15, 0.2) is 0 Å². The fourth-order valence-electron chi connectivity index (χ4n) is 2.68. The van der Waals surface area contributed by atoms with Crippen molar-refractivity contribution in [2.45, 2.75) is 20.0 Å². The van der Waals surface area contributed by atoms with E-state index in [1.807, 2.05) is 13.0 Å². The molecule has 7 heteroatoms. The standard InChI is InChI=1S/C15H21N5O2/c1-13-11-14(17-22-13)12-19-7-5-18(6-8-19)9-10-20-15(21)3-2-4-16-20/h2-4,11H,5-10,12H2,1H3. The first-order chi connectivity index (χ1) is 10.7. The summed E-state index contributed by atoms with van der Waals surface area (Å²) in [5, 5.41) is 8.12. The summed E-state index contributed by atoms with van der Waals surface area (Å²) in [4.78, 5) is 16.3. The Bertz CT molecular complexity index is 658. The summed E-state index contributed by atoms with van der Waals surface area (Å²) in [6, 6.07) is 5.20. The summed E-state index contributed by atoms with van der Waals surface area (Å²) in [5.74, 6) is 0.856. The lowest BCUT2D eigenvalue weighted by Crippen LogP contribution is -2.47. The smallest absolute Gasteiger partial charge is 0.266 e. The summed E-state index contributed by atoms with van der Waals surface area (Å²) < 4.78 is 6.62. The summed E-state index contributed by atoms with van der Waals surface area (Å²) in [6.45, 7) is 8.25. The van der Waals surface area contributed by atoms with Crippen molar-refractivity contribution in [1.29, 1.82) is 0 Å². The van der Waals surface area contributed by atoms with E-state index in [-0.39, 0.29) is 5.56 Å². The average Bonchev–Trinajstić information content (AvgIpc) is 2.93. The maximum atomic E-state index is 11.6. The molecule has 0 spiro atoms. The van der Waals surface area contributed by atoms with Crippen molar-refractivity contribution in [2.24, 2.45) is 0 Å².